The normalized spacial score (nSPS) is 7.67. The number of phenolic OH excluding ortho intramolecular Hbond substituents is 2. The Morgan fingerprint density at radius 3 is 1.60 bits per heavy atom. The molecule has 6 N–H and O–H groups in total. The van der Waals surface area contributed by atoms with Crippen molar-refractivity contribution in [3.63, 3.8) is 0 Å². The van der Waals surface area contributed by atoms with Crippen molar-refractivity contribution in [1.82, 2.24) is 0 Å². The van der Waals surface area contributed by atoms with E-state index in [1.165, 1.54) is 12.1 Å². The summed E-state index contributed by atoms with van der Waals surface area (Å²) in [6.07, 6.45) is 0.222. The average molecular weight is 217 g/mol. The predicted octanol–water partition coefficient (Wildman–Crippen LogP) is 0.913. The van der Waals surface area contributed by atoms with Gasteiger partial charge in [0.25, 0.3) is 0 Å². The van der Waals surface area contributed by atoms with Crippen LogP contribution in [0.5, 0.6) is 11.5 Å². The summed E-state index contributed by atoms with van der Waals surface area (Å²) in [4.78, 5) is 9.37. The third-order valence-electron chi connectivity index (χ3n) is 1.18. The van der Waals surface area contributed by atoms with Crippen LogP contribution in [0.1, 0.15) is 13.3 Å². The van der Waals surface area contributed by atoms with Gasteiger partial charge in [-0.3, -0.25) is 4.79 Å². The van der Waals surface area contributed by atoms with Crippen molar-refractivity contribution in [3.8, 4) is 11.5 Å². The minimum Gasteiger partial charge on any atom is -0.504 e. The quantitative estimate of drug-likeness (QED) is 0.352. The Morgan fingerprint density at radius 2 is 1.47 bits per heavy atom. The van der Waals surface area contributed by atoms with Crippen molar-refractivity contribution in [2.75, 3.05) is 0 Å². The smallest absolute Gasteiger partial charge is 0.303 e. The van der Waals surface area contributed by atoms with Crippen LogP contribution in [0.2, 0.25) is 0 Å². The van der Waals surface area contributed by atoms with E-state index in [-0.39, 0.29) is 17.9 Å². The molecule has 0 aromatic heterocycles. The molecule has 1 aromatic carbocycles. The molecule has 0 fully saturated rings. The lowest BCUT2D eigenvalue weighted by Crippen LogP contribution is -1.86. The number of hydrogen-bond acceptors (Lipinski definition) is 5. The Hall–Kier alpha value is -1.79. The summed E-state index contributed by atoms with van der Waals surface area (Å²) in [5, 5.41) is 31.6. The van der Waals surface area contributed by atoms with Crippen LogP contribution < -0.4 is 5.90 Å². The van der Waals surface area contributed by atoms with Gasteiger partial charge in [-0.25, -0.2) is 5.90 Å². The number of carboxylic acid groups (broad SMARTS) is 1. The van der Waals surface area contributed by atoms with Crippen LogP contribution >= 0.6 is 0 Å². The van der Waals surface area contributed by atoms with E-state index >= 15 is 0 Å². The molecule has 0 aliphatic carbocycles. The number of phenols is 2. The van der Waals surface area contributed by atoms with Crippen LogP contribution in [0.25, 0.3) is 0 Å². The van der Waals surface area contributed by atoms with Crippen LogP contribution in [0.4, 0.5) is 0 Å². The van der Waals surface area contributed by atoms with Crippen molar-refractivity contribution in [2.45, 2.75) is 13.3 Å². The summed E-state index contributed by atoms with van der Waals surface area (Å²) < 4.78 is 0. The molecule has 0 aliphatic rings. The number of rotatable bonds is 1. The van der Waals surface area contributed by atoms with Crippen LogP contribution in [0, 0.1) is 0 Å². The summed E-state index contributed by atoms with van der Waals surface area (Å²) in [6.45, 7) is 1.60. The van der Waals surface area contributed by atoms with Gasteiger partial charge in [0.1, 0.15) is 0 Å². The van der Waals surface area contributed by atoms with E-state index in [4.69, 9.17) is 20.5 Å². The number of carbonyl (C=O) groups is 1. The zero-order valence-electron chi connectivity index (χ0n) is 8.29. The van der Waals surface area contributed by atoms with E-state index in [1.54, 1.807) is 19.1 Å². The van der Waals surface area contributed by atoms with Gasteiger partial charge >= 0.3 is 5.97 Å². The molecule has 6 heteroatoms. The SMILES string of the molecule is CCC(=O)O.NO.Oc1ccccc1O. The van der Waals surface area contributed by atoms with Gasteiger partial charge in [-0.15, -0.1) is 0 Å². The minimum absolute atomic E-state index is 0.0764. The van der Waals surface area contributed by atoms with Crippen molar-refractivity contribution >= 4 is 5.97 Å². The van der Waals surface area contributed by atoms with E-state index < -0.39 is 5.97 Å². The van der Waals surface area contributed by atoms with Crippen molar-refractivity contribution < 1.29 is 25.3 Å². The fourth-order valence-corrected chi connectivity index (χ4v) is 0.464. The van der Waals surface area contributed by atoms with E-state index in [1.807, 2.05) is 0 Å². The summed E-state index contributed by atoms with van der Waals surface area (Å²) in [7, 11) is 0. The summed E-state index contributed by atoms with van der Waals surface area (Å²) in [5.41, 5.74) is 0. The molecule has 15 heavy (non-hydrogen) atoms. The third-order valence-corrected chi connectivity index (χ3v) is 1.18. The molecule has 1 rings (SSSR count). The highest BCUT2D eigenvalue weighted by molar-refractivity contribution is 5.66. The van der Waals surface area contributed by atoms with Gasteiger partial charge in [-0.1, -0.05) is 19.1 Å². The van der Waals surface area contributed by atoms with E-state index in [0.717, 1.165) is 0 Å². The first-order chi connectivity index (χ1) is 7.07. The minimum atomic E-state index is -0.745. The first-order valence-electron chi connectivity index (χ1n) is 4.02. The number of benzene rings is 1. The Labute approximate surface area is 87.2 Å². The van der Waals surface area contributed by atoms with Crippen LogP contribution in [-0.2, 0) is 4.79 Å². The number of nitrogens with two attached hydrogens (primary N) is 1. The molecule has 0 saturated carbocycles. The number of hydrogen-bond donors (Lipinski definition) is 5. The third kappa shape index (κ3) is 10.1. The average Bonchev–Trinajstić information content (AvgIpc) is 2.26. The van der Waals surface area contributed by atoms with E-state index in [9.17, 15) is 4.79 Å². The Balaban J connectivity index is 0. The summed E-state index contributed by atoms with van der Waals surface area (Å²) >= 11 is 0. The molecule has 0 aliphatic heterocycles. The molecule has 0 spiro atoms. The predicted molar refractivity (Wildman–Crippen MR) is 53.7 cm³/mol. The second-order valence-corrected chi connectivity index (χ2v) is 2.24. The number of carboxylic acids is 1. The van der Waals surface area contributed by atoms with Gasteiger partial charge < -0.3 is 20.5 Å². The van der Waals surface area contributed by atoms with Crippen molar-refractivity contribution in [1.29, 1.82) is 0 Å². The maximum Gasteiger partial charge on any atom is 0.303 e. The largest absolute Gasteiger partial charge is 0.504 e. The number of para-hydroxylation sites is 2. The fourth-order valence-electron chi connectivity index (χ4n) is 0.464. The first kappa shape index (κ1) is 15.7. The highest BCUT2D eigenvalue weighted by Crippen LogP contribution is 2.21. The van der Waals surface area contributed by atoms with Crippen LogP contribution in [0.15, 0.2) is 24.3 Å². The maximum atomic E-state index is 9.37. The zero-order valence-corrected chi connectivity index (χ0v) is 8.29. The second-order valence-electron chi connectivity index (χ2n) is 2.24. The van der Waals surface area contributed by atoms with Gasteiger partial charge in [-0.2, -0.15) is 0 Å². The van der Waals surface area contributed by atoms with Gasteiger partial charge in [0.2, 0.25) is 0 Å². The molecule has 86 valence electrons. The van der Waals surface area contributed by atoms with Crippen LogP contribution in [-0.4, -0.2) is 26.5 Å². The first-order valence-corrected chi connectivity index (χ1v) is 4.02. The molecule has 0 bridgehead atoms. The standard InChI is InChI=1S/C6H6O2.C3H6O2.H3NO/c7-5-3-1-2-4-6(5)8;1-2-3(4)5;1-2/h1-4,7-8H;2H2,1H3,(H,4,5);2H,1H2. The molecule has 0 atom stereocenters. The van der Waals surface area contributed by atoms with Gasteiger partial charge in [0.15, 0.2) is 11.5 Å². The molecule has 0 heterocycles. The van der Waals surface area contributed by atoms with Gasteiger partial charge in [0.05, 0.1) is 0 Å². The molecule has 0 amide bonds. The van der Waals surface area contributed by atoms with Gasteiger partial charge in [-0.05, 0) is 12.1 Å². The highest BCUT2D eigenvalue weighted by Gasteiger charge is 1.90. The molecular formula is C9H15NO5. The zero-order chi connectivity index (χ0) is 12.3. The highest BCUT2D eigenvalue weighted by atomic mass is 16.4. The molecule has 6 nitrogen and oxygen atoms in total. The van der Waals surface area contributed by atoms with Gasteiger partial charge in [0, 0.05) is 6.42 Å². The van der Waals surface area contributed by atoms with Crippen molar-refractivity contribution in [3.05, 3.63) is 24.3 Å². The Kier molecular flexibility index (Phi) is 10.8. The lowest BCUT2D eigenvalue weighted by Gasteiger charge is -1.91. The summed E-state index contributed by atoms with van der Waals surface area (Å²) in [5.74, 6) is 2.60. The lowest BCUT2D eigenvalue weighted by atomic mass is 10.3. The molecule has 0 saturated heterocycles. The Morgan fingerprint density at radius 1 is 1.20 bits per heavy atom. The molecule has 0 unspecified atom stereocenters. The number of aliphatic carboxylic acids is 1. The van der Waals surface area contributed by atoms with E-state index in [2.05, 4.69) is 5.90 Å². The van der Waals surface area contributed by atoms with Crippen LogP contribution in [0.3, 0.4) is 0 Å². The van der Waals surface area contributed by atoms with E-state index in [0.29, 0.717) is 0 Å². The molecular weight excluding hydrogens is 202 g/mol. The lowest BCUT2D eigenvalue weighted by molar-refractivity contribution is -0.136. The maximum absolute atomic E-state index is 9.37. The monoisotopic (exact) mass is 217 g/mol. The number of aromatic hydroxyl groups is 2. The Bertz CT molecular complexity index is 256. The topological polar surface area (TPSA) is 124 Å². The van der Waals surface area contributed by atoms with Crippen molar-refractivity contribution in [2.24, 2.45) is 5.90 Å². The molecule has 1 aromatic rings. The summed E-state index contributed by atoms with van der Waals surface area (Å²) in [6, 6.07) is 6.15. The second kappa shape index (κ2) is 10.3. The fraction of sp³-hybridized carbons (Fsp3) is 0.222. The molecule has 0 radical (unpaired) electrons.